The lowest BCUT2D eigenvalue weighted by Gasteiger charge is -2.13. The molecule has 0 heterocycles. The number of nitrogens with one attached hydrogen (secondary N) is 2. The van der Waals surface area contributed by atoms with Crippen LogP contribution in [0.3, 0.4) is 0 Å². The van der Waals surface area contributed by atoms with E-state index in [2.05, 4.69) is 10.0 Å². The number of anilines is 1. The van der Waals surface area contributed by atoms with Crippen molar-refractivity contribution in [3.63, 3.8) is 0 Å². The third-order valence-corrected chi connectivity index (χ3v) is 5.16. The van der Waals surface area contributed by atoms with Gasteiger partial charge >= 0.3 is 0 Å². The first-order valence-electron chi connectivity index (χ1n) is 7.61. The van der Waals surface area contributed by atoms with Gasteiger partial charge in [0.25, 0.3) is 5.91 Å². The average molecular weight is 368 g/mol. The van der Waals surface area contributed by atoms with E-state index >= 15 is 0 Å². The molecule has 134 valence electrons. The maximum Gasteiger partial charge on any atom is 0.255 e. The summed E-state index contributed by atoms with van der Waals surface area (Å²) in [5, 5.41) is 2.32. The average Bonchev–Trinajstić information content (AvgIpc) is 2.56. The van der Waals surface area contributed by atoms with E-state index in [0.717, 1.165) is 18.2 Å². The van der Waals surface area contributed by atoms with Crippen molar-refractivity contribution in [2.24, 2.45) is 0 Å². The monoisotopic (exact) mass is 368 g/mol. The molecule has 0 aliphatic rings. The van der Waals surface area contributed by atoms with E-state index in [1.165, 1.54) is 24.3 Å². The zero-order valence-corrected chi connectivity index (χ0v) is 14.5. The van der Waals surface area contributed by atoms with Gasteiger partial charge in [-0.1, -0.05) is 6.92 Å². The molecule has 0 aliphatic carbocycles. The lowest BCUT2D eigenvalue weighted by molar-refractivity contribution is 0.102. The summed E-state index contributed by atoms with van der Waals surface area (Å²) < 4.78 is 53.7. The summed E-state index contributed by atoms with van der Waals surface area (Å²) in [6.45, 7) is 3.52. The van der Waals surface area contributed by atoms with Gasteiger partial charge in [0.2, 0.25) is 10.0 Å². The number of benzene rings is 2. The predicted octanol–water partition coefficient (Wildman–Crippen LogP) is 3.29. The fourth-order valence-corrected chi connectivity index (χ4v) is 3.31. The van der Waals surface area contributed by atoms with Crippen molar-refractivity contribution >= 4 is 21.6 Å². The third kappa shape index (κ3) is 4.83. The topological polar surface area (TPSA) is 75.3 Å². The van der Waals surface area contributed by atoms with Crippen LogP contribution < -0.4 is 10.0 Å². The van der Waals surface area contributed by atoms with Crippen molar-refractivity contribution in [2.75, 3.05) is 5.32 Å². The lowest BCUT2D eigenvalue weighted by atomic mass is 10.2. The van der Waals surface area contributed by atoms with Gasteiger partial charge in [-0.25, -0.2) is 21.9 Å². The van der Waals surface area contributed by atoms with Crippen LogP contribution in [0.5, 0.6) is 0 Å². The summed E-state index contributed by atoms with van der Waals surface area (Å²) in [6.07, 6.45) is 0.591. The summed E-state index contributed by atoms with van der Waals surface area (Å²) >= 11 is 0. The number of amides is 1. The Bertz CT molecular complexity index is 868. The summed E-state index contributed by atoms with van der Waals surface area (Å²) in [5.41, 5.74) is -0.0206. The standard InChI is InChI=1S/C17H18F2N2O3S/c1-3-11(2)21-25(23,24)14-8-9-16(15(19)10-14)20-17(22)12-4-6-13(18)7-5-12/h4-11,21H,3H2,1-2H3,(H,20,22)/t11-/m1/s1. The van der Waals surface area contributed by atoms with Crippen LogP contribution in [0.1, 0.15) is 30.6 Å². The Morgan fingerprint density at radius 2 is 1.76 bits per heavy atom. The highest BCUT2D eigenvalue weighted by Crippen LogP contribution is 2.20. The Morgan fingerprint density at radius 3 is 2.32 bits per heavy atom. The molecule has 2 aromatic carbocycles. The van der Waals surface area contributed by atoms with Crippen LogP contribution in [0.15, 0.2) is 47.4 Å². The van der Waals surface area contributed by atoms with Gasteiger partial charge in [-0.2, -0.15) is 0 Å². The number of hydrogen-bond donors (Lipinski definition) is 2. The highest BCUT2D eigenvalue weighted by molar-refractivity contribution is 7.89. The van der Waals surface area contributed by atoms with E-state index in [9.17, 15) is 22.0 Å². The van der Waals surface area contributed by atoms with E-state index in [0.29, 0.717) is 6.42 Å². The van der Waals surface area contributed by atoms with Crippen LogP contribution in [0.2, 0.25) is 0 Å². The highest BCUT2D eigenvalue weighted by Gasteiger charge is 2.19. The Balaban J connectivity index is 2.19. The van der Waals surface area contributed by atoms with Gasteiger partial charge in [-0.05, 0) is 55.8 Å². The Kier molecular flexibility index (Phi) is 5.86. The molecular formula is C17H18F2N2O3S. The molecule has 8 heteroatoms. The van der Waals surface area contributed by atoms with Crippen molar-refractivity contribution in [1.82, 2.24) is 4.72 Å². The molecule has 25 heavy (non-hydrogen) atoms. The van der Waals surface area contributed by atoms with Gasteiger partial charge in [0.15, 0.2) is 0 Å². The van der Waals surface area contributed by atoms with Crippen LogP contribution in [-0.2, 0) is 10.0 Å². The largest absolute Gasteiger partial charge is 0.319 e. The molecule has 0 saturated heterocycles. The number of carbonyl (C=O) groups excluding carboxylic acids is 1. The van der Waals surface area contributed by atoms with Gasteiger partial charge in [0, 0.05) is 11.6 Å². The first kappa shape index (κ1) is 19.0. The van der Waals surface area contributed by atoms with Crippen molar-refractivity contribution in [1.29, 1.82) is 0 Å². The van der Waals surface area contributed by atoms with Gasteiger partial charge in [0.1, 0.15) is 11.6 Å². The molecule has 2 aromatic rings. The van der Waals surface area contributed by atoms with E-state index in [1.54, 1.807) is 6.92 Å². The molecule has 0 aliphatic heterocycles. The molecular weight excluding hydrogens is 350 g/mol. The van der Waals surface area contributed by atoms with E-state index in [1.807, 2.05) is 6.92 Å². The Hall–Kier alpha value is -2.32. The number of rotatable bonds is 6. The third-order valence-electron chi connectivity index (χ3n) is 3.57. The molecule has 0 bridgehead atoms. The van der Waals surface area contributed by atoms with Crippen molar-refractivity contribution in [3.05, 3.63) is 59.7 Å². The minimum absolute atomic E-state index is 0.149. The number of halogens is 2. The second kappa shape index (κ2) is 7.71. The van der Waals surface area contributed by atoms with Crippen molar-refractivity contribution < 1.29 is 22.0 Å². The zero-order valence-electron chi connectivity index (χ0n) is 13.7. The molecule has 5 nitrogen and oxygen atoms in total. The second-order valence-corrected chi connectivity index (χ2v) is 7.25. The van der Waals surface area contributed by atoms with Gasteiger partial charge < -0.3 is 5.32 Å². The molecule has 1 amide bonds. The smallest absolute Gasteiger partial charge is 0.255 e. The SMILES string of the molecule is CC[C@@H](C)NS(=O)(=O)c1ccc(NC(=O)c2ccc(F)cc2)c(F)c1. The number of carbonyl (C=O) groups is 1. The molecule has 2 N–H and O–H groups in total. The van der Waals surface area contributed by atoms with Crippen LogP contribution >= 0.6 is 0 Å². The summed E-state index contributed by atoms with van der Waals surface area (Å²) in [6, 6.07) is 7.67. The molecule has 0 unspecified atom stereocenters. The normalized spacial score (nSPS) is 12.6. The van der Waals surface area contributed by atoms with Crippen molar-refractivity contribution in [3.8, 4) is 0 Å². The molecule has 0 fully saturated rings. The Labute approximate surface area is 145 Å². The maximum atomic E-state index is 14.2. The Morgan fingerprint density at radius 1 is 1.12 bits per heavy atom. The number of hydrogen-bond acceptors (Lipinski definition) is 3. The molecule has 0 saturated carbocycles. The molecule has 0 radical (unpaired) electrons. The van der Waals surface area contributed by atoms with Gasteiger partial charge in [-0.3, -0.25) is 4.79 Å². The summed E-state index contributed by atoms with van der Waals surface area (Å²) in [7, 11) is -3.84. The van der Waals surface area contributed by atoms with Crippen LogP contribution in [0, 0.1) is 11.6 Å². The second-order valence-electron chi connectivity index (χ2n) is 5.53. The molecule has 0 spiro atoms. The van der Waals surface area contributed by atoms with Gasteiger partial charge in [-0.15, -0.1) is 0 Å². The maximum absolute atomic E-state index is 14.2. The summed E-state index contributed by atoms with van der Waals surface area (Å²) in [4.78, 5) is 11.8. The van der Waals surface area contributed by atoms with E-state index in [-0.39, 0.29) is 22.2 Å². The van der Waals surface area contributed by atoms with Gasteiger partial charge in [0.05, 0.1) is 10.6 Å². The minimum atomic E-state index is -3.84. The minimum Gasteiger partial charge on any atom is -0.319 e. The zero-order chi connectivity index (χ0) is 18.6. The first-order chi connectivity index (χ1) is 11.7. The molecule has 0 aromatic heterocycles. The fourth-order valence-electron chi connectivity index (χ4n) is 1.98. The van der Waals surface area contributed by atoms with E-state index in [4.69, 9.17) is 0 Å². The van der Waals surface area contributed by atoms with Crippen LogP contribution in [0.25, 0.3) is 0 Å². The lowest BCUT2D eigenvalue weighted by Crippen LogP contribution is -2.32. The first-order valence-corrected chi connectivity index (χ1v) is 9.10. The van der Waals surface area contributed by atoms with E-state index < -0.39 is 27.6 Å². The van der Waals surface area contributed by atoms with Crippen LogP contribution in [-0.4, -0.2) is 20.4 Å². The highest BCUT2D eigenvalue weighted by atomic mass is 32.2. The van der Waals surface area contributed by atoms with Crippen LogP contribution in [0.4, 0.5) is 14.5 Å². The predicted molar refractivity (Wildman–Crippen MR) is 90.8 cm³/mol. The molecule has 2 rings (SSSR count). The number of sulfonamides is 1. The van der Waals surface area contributed by atoms with Crippen molar-refractivity contribution in [2.45, 2.75) is 31.2 Å². The quantitative estimate of drug-likeness (QED) is 0.822. The fraction of sp³-hybridized carbons (Fsp3) is 0.235. The summed E-state index contributed by atoms with van der Waals surface area (Å²) in [5.74, 6) is -2.01. The molecule has 1 atom stereocenters.